The summed E-state index contributed by atoms with van der Waals surface area (Å²) in [4.78, 5) is 19.5. The van der Waals surface area contributed by atoms with Crippen LogP contribution in [0.3, 0.4) is 0 Å². The van der Waals surface area contributed by atoms with Gasteiger partial charge in [0.2, 0.25) is 0 Å². The zero-order chi connectivity index (χ0) is 17.1. The van der Waals surface area contributed by atoms with E-state index in [0.717, 1.165) is 17.0 Å². The van der Waals surface area contributed by atoms with E-state index < -0.39 is 0 Å². The van der Waals surface area contributed by atoms with Crippen LogP contribution in [0.1, 0.15) is 11.4 Å². The van der Waals surface area contributed by atoms with Crippen molar-refractivity contribution in [1.82, 2.24) is 14.5 Å². The van der Waals surface area contributed by atoms with Crippen LogP contribution >= 0.6 is 0 Å². The molecule has 0 saturated heterocycles. The quantitative estimate of drug-likeness (QED) is 0.783. The standard InChI is InChI=1S/C18H19N3O3/c1-12-9-19-11-21(12)10-13-4-6-16(18(22)20-13)15-7-5-14(23-2)8-17(15)24-3/h4-9,11H,10H2,1-3H3,(H,20,22). The van der Waals surface area contributed by atoms with E-state index in [9.17, 15) is 4.79 Å². The highest BCUT2D eigenvalue weighted by molar-refractivity contribution is 5.70. The second kappa shape index (κ2) is 6.62. The molecule has 0 fully saturated rings. The minimum absolute atomic E-state index is 0.159. The van der Waals surface area contributed by atoms with E-state index >= 15 is 0 Å². The van der Waals surface area contributed by atoms with E-state index in [1.54, 1.807) is 38.9 Å². The molecule has 1 N–H and O–H groups in total. The number of imidazole rings is 1. The van der Waals surface area contributed by atoms with Gasteiger partial charge in [0.15, 0.2) is 0 Å². The molecule has 2 aromatic heterocycles. The van der Waals surface area contributed by atoms with Gasteiger partial charge in [-0.05, 0) is 31.2 Å². The summed E-state index contributed by atoms with van der Waals surface area (Å²) in [5.74, 6) is 1.28. The van der Waals surface area contributed by atoms with Gasteiger partial charge in [-0.25, -0.2) is 4.98 Å². The monoisotopic (exact) mass is 325 g/mol. The summed E-state index contributed by atoms with van der Waals surface area (Å²) < 4.78 is 12.5. The largest absolute Gasteiger partial charge is 0.497 e. The third-order valence-corrected chi connectivity index (χ3v) is 3.93. The number of H-pyrrole nitrogens is 1. The number of ether oxygens (including phenoxy) is 2. The highest BCUT2D eigenvalue weighted by Crippen LogP contribution is 2.31. The Morgan fingerprint density at radius 1 is 1.12 bits per heavy atom. The normalized spacial score (nSPS) is 10.6. The first-order valence-electron chi connectivity index (χ1n) is 7.53. The third kappa shape index (κ3) is 3.03. The van der Waals surface area contributed by atoms with Gasteiger partial charge in [0.25, 0.3) is 5.56 Å². The molecule has 6 heteroatoms. The van der Waals surface area contributed by atoms with Crippen molar-refractivity contribution in [3.05, 3.63) is 64.6 Å². The van der Waals surface area contributed by atoms with Gasteiger partial charge in [0.1, 0.15) is 11.5 Å². The summed E-state index contributed by atoms with van der Waals surface area (Å²) in [6.45, 7) is 2.54. The summed E-state index contributed by atoms with van der Waals surface area (Å²) in [5, 5.41) is 0. The van der Waals surface area contributed by atoms with Crippen LogP contribution in [0.5, 0.6) is 11.5 Å². The zero-order valence-electron chi connectivity index (χ0n) is 13.9. The van der Waals surface area contributed by atoms with Crippen LogP contribution in [0.4, 0.5) is 0 Å². The maximum absolute atomic E-state index is 12.5. The van der Waals surface area contributed by atoms with Gasteiger partial charge >= 0.3 is 0 Å². The number of benzene rings is 1. The van der Waals surface area contributed by atoms with Crippen LogP contribution in [-0.2, 0) is 6.54 Å². The molecule has 0 aliphatic heterocycles. The first kappa shape index (κ1) is 15.9. The van der Waals surface area contributed by atoms with Crippen molar-refractivity contribution >= 4 is 0 Å². The fraction of sp³-hybridized carbons (Fsp3) is 0.222. The first-order chi connectivity index (χ1) is 11.6. The van der Waals surface area contributed by atoms with Crippen molar-refractivity contribution in [3.8, 4) is 22.6 Å². The van der Waals surface area contributed by atoms with Crippen LogP contribution in [0, 0.1) is 6.92 Å². The van der Waals surface area contributed by atoms with E-state index in [1.807, 2.05) is 29.7 Å². The average molecular weight is 325 g/mol. The lowest BCUT2D eigenvalue weighted by molar-refractivity contribution is 0.395. The van der Waals surface area contributed by atoms with Crippen molar-refractivity contribution in [2.24, 2.45) is 0 Å². The number of aromatic amines is 1. The number of hydrogen-bond donors (Lipinski definition) is 1. The molecule has 0 unspecified atom stereocenters. The van der Waals surface area contributed by atoms with Crippen LogP contribution in [0.15, 0.2) is 47.7 Å². The van der Waals surface area contributed by atoms with Crippen LogP contribution in [0.2, 0.25) is 0 Å². The fourth-order valence-electron chi connectivity index (χ4n) is 2.58. The van der Waals surface area contributed by atoms with Gasteiger partial charge in [-0.1, -0.05) is 0 Å². The van der Waals surface area contributed by atoms with Gasteiger partial charge in [0.05, 0.1) is 32.7 Å². The summed E-state index contributed by atoms with van der Waals surface area (Å²) in [5.41, 5.74) is 2.98. The van der Waals surface area contributed by atoms with E-state index in [1.165, 1.54) is 0 Å². The molecule has 0 radical (unpaired) electrons. The Morgan fingerprint density at radius 2 is 1.92 bits per heavy atom. The summed E-state index contributed by atoms with van der Waals surface area (Å²) in [7, 11) is 3.16. The molecule has 0 spiro atoms. The lowest BCUT2D eigenvalue weighted by atomic mass is 10.1. The summed E-state index contributed by atoms with van der Waals surface area (Å²) >= 11 is 0. The molecule has 0 saturated carbocycles. The molecular weight excluding hydrogens is 306 g/mol. The van der Waals surface area contributed by atoms with E-state index in [0.29, 0.717) is 23.6 Å². The van der Waals surface area contributed by atoms with Crippen molar-refractivity contribution in [2.45, 2.75) is 13.5 Å². The first-order valence-corrected chi connectivity index (χ1v) is 7.53. The number of aromatic nitrogens is 3. The fourth-order valence-corrected chi connectivity index (χ4v) is 2.58. The number of nitrogens with zero attached hydrogens (tertiary/aromatic N) is 2. The third-order valence-electron chi connectivity index (χ3n) is 3.93. The van der Waals surface area contributed by atoms with E-state index in [4.69, 9.17) is 9.47 Å². The molecule has 0 bridgehead atoms. The molecule has 3 aromatic rings. The number of hydrogen-bond acceptors (Lipinski definition) is 4. The zero-order valence-corrected chi connectivity index (χ0v) is 13.9. The predicted octanol–water partition coefficient (Wildman–Crippen LogP) is 2.61. The number of aryl methyl sites for hydroxylation is 1. The van der Waals surface area contributed by atoms with Crippen LogP contribution < -0.4 is 15.0 Å². The predicted molar refractivity (Wildman–Crippen MR) is 91.7 cm³/mol. The minimum Gasteiger partial charge on any atom is -0.497 e. The molecule has 3 rings (SSSR count). The highest BCUT2D eigenvalue weighted by Gasteiger charge is 2.11. The Kier molecular flexibility index (Phi) is 4.37. The lowest BCUT2D eigenvalue weighted by Crippen LogP contribution is -2.14. The van der Waals surface area contributed by atoms with Crippen molar-refractivity contribution in [3.63, 3.8) is 0 Å². The number of rotatable bonds is 5. The Labute approximate surface area is 139 Å². The molecule has 0 amide bonds. The van der Waals surface area contributed by atoms with Crippen molar-refractivity contribution in [2.75, 3.05) is 14.2 Å². The van der Waals surface area contributed by atoms with E-state index in [-0.39, 0.29) is 5.56 Å². The molecule has 0 atom stereocenters. The van der Waals surface area contributed by atoms with Crippen molar-refractivity contribution in [1.29, 1.82) is 0 Å². The number of nitrogens with one attached hydrogen (secondary N) is 1. The molecule has 0 aliphatic rings. The molecule has 2 heterocycles. The number of methoxy groups -OCH3 is 2. The number of pyridine rings is 1. The molecule has 1 aromatic carbocycles. The second-order valence-electron chi connectivity index (χ2n) is 5.46. The smallest absolute Gasteiger partial charge is 0.256 e. The second-order valence-corrected chi connectivity index (χ2v) is 5.46. The molecule has 24 heavy (non-hydrogen) atoms. The maximum atomic E-state index is 12.5. The molecule has 124 valence electrons. The van der Waals surface area contributed by atoms with E-state index in [2.05, 4.69) is 9.97 Å². The SMILES string of the molecule is COc1ccc(-c2ccc(Cn3cncc3C)[nH]c2=O)c(OC)c1. The van der Waals surface area contributed by atoms with Gasteiger partial charge in [-0.2, -0.15) is 0 Å². The molecule has 0 aliphatic carbocycles. The highest BCUT2D eigenvalue weighted by atomic mass is 16.5. The minimum atomic E-state index is -0.159. The van der Waals surface area contributed by atoms with Crippen LogP contribution in [-0.4, -0.2) is 28.8 Å². The van der Waals surface area contributed by atoms with Gasteiger partial charge in [0, 0.05) is 29.2 Å². The van der Waals surface area contributed by atoms with Crippen LogP contribution in [0.25, 0.3) is 11.1 Å². The lowest BCUT2D eigenvalue weighted by Gasteiger charge is -2.11. The van der Waals surface area contributed by atoms with Gasteiger partial charge < -0.3 is 19.0 Å². The summed E-state index contributed by atoms with van der Waals surface area (Å²) in [6, 6.07) is 9.10. The molecular formula is C18H19N3O3. The van der Waals surface area contributed by atoms with Crippen molar-refractivity contribution < 1.29 is 9.47 Å². The summed E-state index contributed by atoms with van der Waals surface area (Å²) in [6.07, 6.45) is 3.53. The Morgan fingerprint density at radius 3 is 2.54 bits per heavy atom. The molecule has 6 nitrogen and oxygen atoms in total. The Balaban J connectivity index is 1.96. The maximum Gasteiger partial charge on any atom is 0.256 e. The topological polar surface area (TPSA) is 69.1 Å². The van der Waals surface area contributed by atoms with Gasteiger partial charge in [-0.15, -0.1) is 0 Å². The van der Waals surface area contributed by atoms with Gasteiger partial charge in [-0.3, -0.25) is 4.79 Å². The Bertz CT molecular complexity index is 912. The Hall–Kier alpha value is -3.02. The average Bonchev–Trinajstić information content (AvgIpc) is 2.99.